The summed E-state index contributed by atoms with van der Waals surface area (Å²) in [6.07, 6.45) is 1.55. The van der Waals surface area contributed by atoms with Gasteiger partial charge in [-0.3, -0.25) is 19.3 Å². The number of carbonyl (C=O) groups excluding carboxylic acids is 4. The summed E-state index contributed by atoms with van der Waals surface area (Å²) >= 11 is 6.56. The van der Waals surface area contributed by atoms with Crippen LogP contribution in [0.1, 0.15) is 5.56 Å². The van der Waals surface area contributed by atoms with Gasteiger partial charge in [0.1, 0.15) is 12.3 Å². The molecule has 3 rings (SSSR count). The van der Waals surface area contributed by atoms with Gasteiger partial charge in [-0.2, -0.15) is 0 Å². The Kier molecular flexibility index (Phi) is 7.32. The second-order valence-electron chi connectivity index (χ2n) is 6.26. The van der Waals surface area contributed by atoms with Gasteiger partial charge in [0.25, 0.3) is 11.1 Å². The molecular formula is C21H17ClN2O6S. The van der Waals surface area contributed by atoms with Crippen LogP contribution in [0, 0.1) is 0 Å². The third kappa shape index (κ3) is 6.09. The fourth-order valence-corrected chi connectivity index (χ4v) is 3.49. The van der Waals surface area contributed by atoms with Crippen LogP contribution < -0.4 is 10.1 Å². The normalized spacial score (nSPS) is 14.6. The minimum atomic E-state index is -0.549. The molecule has 0 atom stereocenters. The molecule has 1 saturated heterocycles. The van der Waals surface area contributed by atoms with E-state index in [0.29, 0.717) is 22.0 Å². The third-order valence-corrected chi connectivity index (χ3v) is 5.22. The molecule has 1 aliphatic rings. The van der Waals surface area contributed by atoms with Crippen LogP contribution in [0.3, 0.4) is 0 Å². The number of nitrogens with zero attached hydrogens (tertiary/aromatic N) is 1. The van der Waals surface area contributed by atoms with Crippen molar-refractivity contribution < 1.29 is 28.7 Å². The summed E-state index contributed by atoms with van der Waals surface area (Å²) in [5, 5.41) is 2.61. The molecule has 10 heteroatoms. The first kappa shape index (κ1) is 22.4. The second-order valence-corrected chi connectivity index (χ2v) is 7.69. The standard InChI is InChI=1S/C21H17ClN2O6S/c1-29-19(26)12-30-16-8-2-13(3-9-16)10-17-20(27)24(21(28)31-17)11-18(25)23-15-6-4-14(22)5-7-15/h2-10H,11-12H2,1H3,(H,23,25)/b17-10-. The summed E-state index contributed by atoms with van der Waals surface area (Å²) in [5.74, 6) is -1.10. The van der Waals surface area contributed by atoms with Crippen molar-refractivity contribution in [3.63, 3.8) is 0 Å². The molecule has 2 aromatic carbocycles. The van der Waals surface area contributed by atoms with E-state index in [-0.39, 0.29) is 11.5 Å². The monoisotopic (exact) mass is 460 g/mol. The van der Waals surface area contributed by atoms with Crippen LogP contribution in [-0.2, 0) is 19.1 Å². The Morgan fingerprint density at radius 2 is 1.77 bits per heavy atom. The van der Waals surface area contributed by atoms with Gasteiger partial charge in [-0.05, 0) is 59.8 Å². The zero-order valence-electron chi connectivity index (χ0n) is 16.3. The molecule has 3 amide bonds. The number of halogens is 1. The first-order valence-electron chi connectivity index (χ1n) is 8.96. The van der Waals surface area contributed by atoms with Gasteiger partial charge < -0.3 is 14.8 Å². The summed E-state index contributed by atoms with van der Waals surface area (Å²) in [6, 6.07) is 13.1. The number of anilines is 1. The van der Waals surface area contributed by atoms with E-state index >= 15 is 0 Å². The molecule has 0 saturated carbocycles. The number of rotatable bonds is 7. The van der Waals surface area contributed by atoms with Gasteiger partial charge in [-0.1, -0.05) is 23.7 Å². The number of ether oxygens (including phenoxy) is 2. The van der Waals surface area contributed by atoms with Crippen LogP contribution in [0.15, 0.2) is 53.4 Å². The van der Waals surface area contributed by atoms with Crippen LogP contribution in [0.2, 0.25) is 5.02 Å². The quantitative estimate of drug-likeness (QED) is 0.497. The molecule has 0 aliphatic carbocycles. The van der Waals surface area contributed by atoms with E-state index in [1.165, 1.54) is 7.11 Å². The molecule has 0 unspecified atom stereocenters. The summed E-state index contributed by atoms with van der Waals surface area (Å²) in [6.45, 7) is -0.613. The molecule has 8 nitrogen and oxygen atoms in total. The van der Waals surface area contributed by atoms with Crippen LogP contribution in [0.25, 0.3) is 6.08 Å². The summed E-state index contributed by atoms with van der Waals surface area (Å²) in [4.78, 5) is 49.2. The van der Waals surface area contributed by atoms with Gasteiger partial charge in [0.05, 0.1) is 12.0 Å². The van der Waals surface area contributed by atoms with Crippen molar-refractivity contribution in [3.8, 4) is 5.75 Å². The summed E-state index contributed by atoms with van der Waals surface area (Å²) in [5.41, 5.74) is 1.16. The molecule has 0 spiro atoms. The largest absolute Gasteiger partial charge is 0.482 e. The lowest BCUT2D eigenvalue weighted by atomic mass is 10.2. The van der Waals surface area contributed by atoms with Crippen LogP contribution in [0.5, 0.6) is 5.75 Å². The lowest BCUT2D eigenvalue weighted by molar-refractivity contribution is -0.142. The first-order valence-corrected chi connectivity index (χ1v) is 10.2. The van der Waals surface area contributed by atoms with E-state index in [4.69, 9.17) is 16.3 Å². The maximum Gasteiger partial charge on any atom is 0.343 e. The minimum absolute atomic E-state index is 0.201. The van der Waals surface area contributed by atoms with Crippen molar-refractivity contribution in [2.75, 3.05) is 25.6 Å². The highest BCUT2D eigenvalue weighted by atomic mass is 35.5. The number of carbonyl (C=O) groups is 4. The first-order chi connectivity index (χ1) is 14.9. The fourth-order valence-electron chi connectivity index (χ4n) is 2.53. The average molecular weight is 461 g/mol. The molecule has 0 aromatic heterocycles. The molecule has 1 N–H and O–H groups in total. The number of imide groups is 1. The molecule has 31 heavy (non-hydrogen) atoms. The zero-order valence-corrected chi connectivity index (χ0v) is 17.9. The van der Waals surface area contributed by atoms with E-state index in [0.717, 1.165) is 16.7 Å². The maximum atomic E-state index is 12.6. The molecule has 1 aliphatic heterocycles. The molecule has 160 valence electrons. The summed E-state index contributed by atoms with van der Waals surface area (Å²) in [7, 11) is 1.27. The van der Waals surface area contributed by atoms with Crippen molar-refractivity contribution in [1.82, 2.24) is 4.90 Å². The topological polar surface area (TPSA) is 102 Å². The van der Waals surface area contributed by atoms with Gasteiger partial charge in [-0.25, -0.2) is 4.79 Å². The number of nitrogens with one attached hydrogen (secondary N) is 1. The van der Waals surface area contributed by atoms with Gasteiger partial charge in [0.15, 0.2) is 6.61 Å². The molecule has 1 heterocycles. The number of amides is 3. The number of hydrogen-bond donors (Lipinski definition) is 1. The Labute approximate surface area is 187 Å². The lowest BCUT2D eigenvalue weighted by Crippen LogP contribution is -2.36. The predicted octanol–water partition coefficient (Wildman–Crippen LogP) is 3.57. The van der Waals surface area contributed by atoms with Crippen LogP contribution >= 0.6 is 23.4 Å². The van der Waals surface area contributed by atoms with E-state index < -0.39 is 29.6 Å². The number of esters is 1. The molecule has 2 aromatic rings. The van der Waals surface area contributed by atoms with Crippen molar-refractivity contribution in [2.24, 2.45) is 0 Å². The van der Waals surface area contributed by atoms with Crippen LogP contribution in [-0.4, -0.2) is 48.2 Å². The number of hydrogen-bond acceptors (Lipinski definition) is 7. The van der Waals surface area contributed by atoms with Gasteiger partial charge in [0, 0.05) is 10.7 Å². The van der Waals surface area contributed by atoms with Crippen molar-refractivity contribution in [1.29, 1.82) is 0 Å². The van der Waals surface area contributed by atoms with E-state index in [9.17, 15) is 19.2 Å². The van der Waals surface area contributed by atoms with Crippen molar-refractivity contribution >= 4 is 58.1 Å². The Bertz CT molecular complexity index is 1040. The predicted molar refractivity (Wildman–Crippen MR) is 117 cm³/mol. The fraction of sp³-hybridized carbons (Fsp3) is 0.143. The SMILES string of the molecule is COC(=O)COc1ccc(/C=C2\SC(=O)N(CC(=O)Nc3ccc(Cl)cc3)C2=O)cc1. The van der Waals surface area contributed by atoms with Crippen molar-refractivity contribution in [3.05, 3.63) is 64.0 Å². The molecule has 1 fully saturated rings. The van der Waals surface area contributed by atoms with Crippen molar-refractivity contribution in [2.45, 2.75) is 0 Å². The van der Waals surface area contributed by atoms with Crippen LogP contribution in [0.4, 0.5) is 10.5 Å². The Hall–Kier alpha value is -3.30. The highest BCUT2D eigenvalue weighted by Gasteiger charge is 2.36. The highest BCUT2D eigenvalue weighted by molar-refractivity contribution is 8.18. The van der Waals surface area contributed by atoms with Gasteiger partial charge in [0.2, 0.25) is 5.91 Å². The summed E-state index contributed by atoms with van der Waals surface area (Å²) < 4.78 is 9.75. The maximum absolute atomic E-state index is 12.6. The second kappa shape index (κ2) is 10.1. The van der Waals surface area contributed by atoms with Gasteiger partial charge in [-0.15, -0.1) is 0 Å². The highest BCUT2D eigenvalue weighted by Crippen LogP contribution is 2.32. The smallest absolute Gasteiger partial charge is 0.343 e. The van der Waals surface area contributed by atoms with E-state index in [1.54, 1.807) is 54.6 Å². The molecular weight excluding hydrogens is 444 g/mol. The Balaban J connectivity index is 1.61. The van der Waals surface area contributed by atoms with E-state index in [1.807, 2.05) is 0 Å². The van der Waals surface area contributed by atoms with E-state index in [2.05, 4.69) is 10.1 Å². The minimum Gasteiger partial charge on any atom is -0.482 e. The number of benzene rings is 2. The zero-order chi connectivity index (χ0) is 22.4. The lowest BCUT2D eigenvalue weighted by Gasteiger charge is -2.12. The van der Waals surface area contributed by atoms with Gasteiger partial charge >= 0.3 is 5.97 Å². The Morgan fingerprint density at radius 1 is 1.10 bits per heavy atom. The Morgan fingerprint density at radius 3 is 2.42 bits per heavy atom. The number of methoxy groups -OCH3 is 1. The molecule has 0 bridgehead atoms. The number of thioether (sulfide) groups is 1. The molecule has 0 radical (unpaired) electrons. The third-order valence-electron chi connectivity index (χ3n) is 4.07. The average Bonchev–Trinajstić information content (AvgIpc) is 3.02.